The van der Waals surface area contributed by atoms with E-state index in [0.717, 1.165) is 31.9 Å². The van der Waals surface area contributed by atoms with Crippen LogP contribution in [0.1, 0.15) is 25.3 Å². The number of hydrogen-bond donors (Lipinski definition) is 1. The normalized spacial score (nSPS) is 20.1. The molecule has 4 nitrogen and oxygen atoms in total. The molecule has 0 unspecified atom stereocenters. The average molecular weight is 274 g/mol. The van der Waals surface area contributed by atoms with E-state index in [2.05, 4.69) is 18.3 Å². The summed E-state index contributed by atoms with van der Waals surface area (Å²) in [5.41, 5.74) is 0.628. The molecule has 0 bridgehead atoms. The number of rotatable bonds is 6. The molecule has 20 heavy (non-hydrogen) atoms. The molecule has 1 saturated heterocycles. The van der Waals surface area contributed by atoms with E-state index >= 15 is 0 Å². The molecule has 2 atom stereocenters. The molecule has 0 spiro atoms. The van der Waals surface area contributed by atoms with Crippen LogP contribution in [-0.2, 0) is 4.74 Å². The zero-order valence-electron chi connectivity index (χ0n) is 12.0. The van der Waals surface area contributed by atoms with Crippen LogP contribution in [0, 0.1) is 17.2 Å². The summed E-state index contributed by atoms with van der Waals surface area (Å²) in [4.78, 5) is 0. The lowest BCUT2D eigenvalue weighted by atomic mass is 9.95. The lowest BCUT2D eigenvalue weighted by molar-refractivity contribution is 0.0415. The molecule has 108 valence electrons. The van der Waals surface area contributed by atoms with Crippen LogP contribution < -0.4 is 10.1 Å². The SMILES string of the molecule is C[C@H](NCCOc1cccc(C#N)c1)[C@H]1CCCOC1. The third-order valence-electron chi connectivity index (χ3n) is 3.70. The van der Waals surface area contributed by atoms with E-state index in [1.54, 1.807) is 12.1 Å². The second-order valence-corrected chi connectivity index (χ2v) is 5.21. The average Bonchev–Trinajstić information content (AvgIpc) is 2.52. The van der Waals surface area contributed by atoms with Crippen molar-refractivity contribution in [3.8, 4) is 11.8 Å². The van der Waals surface area contributed by atoms with Crippen molar-refractivity contribution in [2.24, 2.45) is 5.92 Å². The van der Waals surface area contributed by atoms with Gasteiger partial charge in [-0.2, -0.15) is 5.26 Å². The van der Waals surface area contributed by atoms with Crippen LogP contribution in [0.5, 0.6) is 5.75 Å². The van der Waals surface area contributed by atoms with E-state index < -0.39 is 0 Å². The van der Waals surface area contributed by atoms with Gasteiger partial charge in [0.25, 0.3) is 0 Å². The Kier molecular flexibility index (Phi) is 5.85. The molecule has 0 amide bonds. The summed E-state index contributed by atoms with van der Waals surface area (Å²) in [6, 6.07) is 9.81. The molecule has 1 aliphatic heterocycles. The number of nitrogens with one attached hydrogen (secondary N) is 1. The van der Waals surface area contributed by atoms with E-state index in [1.807, 2.05) is 12.1 Å². The second kappa shape index (κ2) is 7.88. The van der Waals surface area contributed by atoms with Crippen LogP contribution in [0.4, 0.5) is 0 Å². The van der Waals surface area contributed by atoms with Crippen LogP contribution in [0.2, 0.25) is 0 Å². The first kappa shape index (κ1) is 14.8. The van der Waals surface area contributed by atoms with Crippen LogP contribution in [-0.4, -0.2) is 32.4 Å². The molecular formula is C16H22N2O2. The van der Waals surface area contributed by atoms with Crippen molar-refractivity contribution in [1.29, 1.82) is 5.26 Å². The van der Waals surface area contributed by atoms with Gasteiger partial charge in [0.1, 0.15) is 12.4 Å². The summed E-state index contributed by atoms with van der Waals surface area (Å²) in [7, 11) is 0. The molecule has 1 fully saturated rings. The Morgan fingerprint density at radius 1 is 1.55 bits per heavy atom. The molecule has 1 aliphatic rings. The lowest BCUT2D eigenvalue weighted by Crippen LogP contribution is -2.39. The molecule has 0 radical (unpaired) electrons. The van der Waals surface area contributed by atoms with Crippen LogP contribution in [0.25, 0.3) is 0 Å². The van der Waals surface area contributed by atoms with Gasteiger partial charge in [0.05, 0.1) is 18.2 Å². The van der Waals surface area contributed by atoms with Crippen molar-refractivity contribution in [3.05, 3.63) is 29.8 Å². The molecular weight excluding hydrogens is 252 g/mol. The molecule has 0 saturated carbocycles. The number of nitrogens with zero attached hydrogens (tertiary/aromatic N) is 1. The van der Waals surface area contributed by atoms with E-state index in [-0.39, 0.29) is 0 Å². The maximum Gasteiger partial charge on any atom is 0.120 e. The fourth-order valence-electron chi connectivity index (χ4n) is 2.44. The highest BCUT2D eigenvalue weighted by atomic mass is 16.5. The van der Waals surface area contributed by atoms with Gasteiger partial charge in [0.15, 0.2) is 0 Å². The Balaban J connectivity index is 1.66. The van der Waals surface area contributed by atoms with Gasteiger partial charge in [-0.05, 0) is 43.9 Å². The van der Waals surface area contributed by atoms with Crippen molar-refractivity contribution in [2.45, 2.75) is 25.8 Å². The Morgan fingerprint density at radius 3 is 3.20 bits per heavy atom. The summed E-state index contributed by atoms with van der Waals surface area (Å²) in [5.74, 6) is 1.35. The molecule has 1 aromatic carbocycles. The number of nitriles is 1. The third-order valence-corrected chi connectivity index (χ3v) is 3.70. The zero-order valence-corrected chi connectivity index (χ0v) is 12.0. The predicted octanol–water partition coefficient (Wildman–Crippen LogP) is 2.34. The summed E-state index contributed by atoms with van der Waals surface area (Å²) in [5, 5.41) is 12.3. The molecule has 0 aromatic heterocycles. The predicted molar refractivity (Wildman–Crippen MR) is 77.7 cm³/mol. The van der Waals surface area contributed by atoms with Crippen molar-refractivity contribution >= 4 is 0 Å². The number of ether oxygens (including phenoxy) is 2. The van der Waals surface area contributed by atoms with Gasteiger partial charge >= 0.3 is 0 Å². The van der Waals surface area contributed by atoms with E-state index in [0.29, 0.717) is 24.1 Å². The highest BCUT2D eigenvalue weighted by molar-refractivity contribution is 5.36. The first-order valence-corrected chi connectivity index (χ1v) is 7.23. The number of benzene rings is 1. The van der Waals surface area contributed by atoms with Gasteiger partial charge in [-0.1, -0.05) is 6.07 Å². The summed E-state index contributed by atoms with van der Waals surface area (Å²) in [6.45, 7) is 5.37. The minimum absolute atomic E-state index is 0.448. The fraction of sp³-hybridized carbons (Fsp3) is 0.562. The van der Waals surface area contributed by atoms with Gasteiger partial charge in [0.2, 0.25) is 0 Å². The quantitative estimate of drug-likeness (QED) is 0.809. The highest BCUT2D eigenvalue weighted by Crippen LogP contribution is 2.17. The molecule has 1 heterocycles. The molecule has 1 aromatic rings. The van der Waals surface area contributed by atoms with Crippen LogP contribution >= 0.6 is 0 Å². The monoisotopic (exact) mass is 274 g/mol. The Hall–Kier alpha value is -1.57. The van der Waals surface area contributed by atoms with Crippen LogP contribution in [0.15, 0.2) is 24.3 Å². The molecule has 4 heteroatoms. The van der Waals surface area contributed by atoms with Crippen molar-refractivity contribution in [1.82, 2.24) is 5.32 Å². The summed E-state index contributed by atoms with van der Waals surface area (Å²) >= 11 is 0. The topological polar surface area (TPSA) is 54.3 Å². The van der Waals surface area contributed by atoms with Gasteiger partial charge < -0.3 is 14.8 Å². The van der Waals surface area contributed by atoms with E-state index in [9.17, 15) is 0 Å². The highest BCUT2D eigenvalue weighted by Gasteiger charge is 2.19. The van der Waals surface area contributed by atoms with Crippen LogP contribution in [0.3, 0.4) is 0 Å². The van der Waals surface area contributed by atoms with Crippen molar-refractivity contribution in [3.63, 3.8) is 0 Å². The minimum Gasteiger partial charge on any atom is -0.492 e. The Labute approximate surface area is 120 Å². The van der Waals surface area contributed by atoms with Crippen molar-refractivity contribution < 1.29 is 9.47 Å². The first-order chi connectivity index (χ1) is 9.79. The first-order valence-electron chi connectivity index (χ1n) is 7.23. The lowest BCUT2D eigenvalue weighted by Gasteiger charge is -2.28. The van der Waals surface area contributed by atoms with Gasteiger partial charge in [-0.3, -0.25) is 0 Å². The largest absolute Gasteiger partial charge is 0.492 e. The summed E-state index contributed by atoms with van der Waals surface area (Å²) < 4.78 is 11.1. The Morgan fingerprint density at radius 2 is 2.45 bits per heavy atom. The standard InChI is InChI=1S/C16H22N2O2/c1-13(15-5-3-8-19-12-15)18-7-9-20-16-6-2-4-14(10-16)11-17/h2,4,6,10,13,15,18H,3,5,7-9,12H2,1H3/t13-,15-/m0/s1. The smallest absolute Gasteiger partial charge is 0.120 e. The zero-order chi connectivity index (χ0) is 14.2. The molecule has 2 rings (SSSR count). The third kappa shape index (κ3) is 4.52. The summed E-state index contributed by atoms with van der Waals surface area (Å²) in [6.07, 6.45) is 2.40. The second-order valence-electron chi connectivity index (χ2n) is 5.21. The van der Waals surface area contributed by atoms with Gasteiger partial charge in [-0.15, -0.1) is 0 Å². The molecule has 0 aliphatic carbocycles. The van der Waals surface area contributed by atoms with E-state index in [4.69, 9.17) is 14.7 Å². The minimum atomic E-state index is 0.448. The Bertz CT molecular complexity index is 450. The maximum absolute atomic E-state index is 8.82. The van der Waals surface area contributed by atoms with E-state index in [1.165, 1.54) is 6.42 Å². The molecule has 1 N–H and O–H groups in total. The van der Waals surface area contributed by atoms with Gasteiger partial charge in [-0.25, -0.2) is 0 Å². The number of hydrogen-bond acceptors (Lipinski definition) is 4. The maximum atomic E-state index is 8.82. The van der Waals surface area contributed by atoms with Gasteiger partial charge in [0, 0.05) is 19.2 Å². The van der Waals surface area contributed by atoms with Crippen molar-refractivity contribution in [2.75, 3.05) is 26.4 Å². The fourth-order valence-corrected chi connectivity index (χ4v) is 2.44.